The Labute approximate surface area is 258 Å². The molecule has 5 nitrogen and oxygen atoms in total. The summed E-state index contributed by atoms with van der Waals surface area (Å²) in [4.78, 5) is 6.25. The lowest BCUT2D eigenvalue weighted by Gasteiger charge is -2.31. The molecule has 7 heteroatoms. The van der Waals surface area contributed by atoms with Gasteiger partial charge >= 0.3 is 0 Å². The van der Waals surface area contributed by atoms with Crippen LogP contribution >= 0.6 is 11.3 Å². The highest BCUT2D eigenvalue weighted by Crippen LogP contribution is 2.28. The molecular formula is C36H37N3O2S2. The van der Waals surface area contributed by atoms with E-state index >= 15 is 0 Å². The maximum Gasteiger partial charge on any atom is 0.243 e. The lowest BCUT2D eigenvalue weighted by molar-refractivity contribution is 0.273. The zero-order valence-corrected chi connectivity index (χ0v) is 26.1. The van der Waals surface area contributed by atoms with Crippen molar-refractivity contribution in [2.45, 2.75) is 44.0 Å². The minimum atomic E-state index is -3.54. The third-order valence-corrected chi connectivity index (χ3v) is 11.0. The van der Waals surface area contributed by atoms with E-state index in [0.717, 1.165) is 54.0 Å². The average molecular weight is 608 g/mol. The molecule has 0 spiro atoms. The standard InChI is InChI=1S/C36H37N3O2S2/c1-28-12-16-33(17-13-28)37-36-39(25-22-29-8-4-2-5-9-29)35(27-42-36)32-14-18-34(19-15-32)43(40,41)38-23-20-31(21-24-38)26-30-10-6-3-7-11-30/h2-19,27,31H,20-26H2,1H3. The fourth-order valence-electron chi connectivity index (χ4n) is 5.73. The van der Waals surface area contributed by atoms with Crippen molar-refractivity contribution in [1.82, 2.24) is 8.87 Å². The van der Waals surface area contributed by atoms with E-state index in [4.69, 9.17) is 4.99 Å². The highest BCUT2D eigenvalue weighted by atomic mass is 32.2. The molecular weight excluding hydrogens is 571 g/mol. The van der Waals surface area contributed by atoms with Gasteiger partial charge in [0.25, 0.3) is 0 Å². The van der Waals surface area contributed by atoms with Crippen LogP contribution in [-0.2, 0) is 29.4 Å². The molecule has 0 atom stereocenters. The molecule has 0 amide bonds. The minimum Gasteiger partial charge on any atom is -0.316 e. The summed E-state index contributed by atoms with van der Waals surface area (Å²) >= 11 is 1.61. The molecule has 4 aromatic carbocycles. The molecule has 1 saturated heterocycles. The number of piperidine rings is 1. The van der Waals surface area contributed by atoms with Crippen molar-refractivity contribution < 1.29 is 8.42 Å². The predicted octanol–water partition coefficient (Wildman–Crippen LogP) is 7.64. The van der Waals surface area contributed by atoms with Crippen LogP contribution in [0.5, 0.6) is 0 Å². The fourth-order valence-corrected chi connectivity index (χ4v) is 8.15. The molecule has 220 valence electrons. The molecule has 5 aromatic rings. The van der Waals surface area contributed by atoms with Crippen molar-refractivity contribution in [2.75, 3.05) is 13.1 Å². The Morgan fingerprint density at radius 1 is 0.791 bits per heavy atom. The van der Waals surface area contributed by atoms with E-state index in [-0.39, 0.29) is 0 Å². The van der Waals surface area contributed by atoms with Gasteiger partial charge in [0.15, 0.2) is 4.80 Å². The molecule has 1 aromatic heterocycles. The predicted molar refractivity (Wildman–Crippen MR) is 176 cm³/mol. The summed E-state index contributed by atoms with van der Waals surface area (Å²) in [6.07, 6.45) is 3.65. The second kappa shape index (κ2) is 13.2. The van der Waals surface area contributed by atoms with Crippen molar-refractivity contribution in [2.24, 2.45) is 10.9 Å². The summed E-state index contributed by atoms with van der Waals surface area (Å²) in [5, 5.41) is 2.12. The number of nitrogens with zero attached hydrogens (tertiary/aromatic N) is 3. The summed E-state index contributed by atoms with van der Waals surface area (Å²) in [5.74, 6) is 0.515. The van der Waals surface area contributed by atoms with Gasteiger partial charge in [0.05, 0.1) is 16.3 Å². The van der Waals surface area contributed by atoms with Crippen molar-refractivity contribution in [3.8, 4) is 11.3 Å². The number of hydrogen-bond donors (Lipinski definition) is 0. The molecule has 0 bridgehead atoms. The SMILES string of the molecule is Cc1ccc(N=c2scc(-c3ccc(S(=O)(=O)N4CCC(Cc5ccccc5)CC4)cc3)n2CCc2ccccc2)cc1. The van der Waals surface area contributed by atoms with Gasteiger partial charge in [0.2, 0.25) is 10.0 Å². The lowest BCUT2D eigenvalue weighted by Crippen LogP contribution is -2.38. The molecule has 0 aliphatic carbocycles. The van der Waals surface area contributed by atoms with Crippen LogP contribution in [0, 0.1) is 12.8 Å². The van der Waals surface area contributed by atoms with Crippen LogP contribution < -0.4 is 4.80 Å². The van der Waals surface area contributed by atoms with Crippen molar-refractivity contribution in [1.29, 1.82) is 0 Å². The third-order valence-electron chi connectivity index (χ3n) is 8.25. The summed E-state index contributed by atoms with van der Waals surface area (Å²) < 4.78 is 31.0. The minimum absolute atomic E-state index is 0.355. The molecule has 1 fully saturated rings. The first-order valence-electron chi connectivity index (χ1n) is 14.9. The molecule has 0 unspecified atom stereocenters. The van der Waals surface area contributed by atoms with E-state index in [1.165, 1.54) is 16.7 Å². The Kier molecular flexibility index (Phi) is 9.03. The maximum absolute atomic E-state index is 13.6. The summed E-state index contributed by atoms with van der Waals surface area (Å²) in [6.45, 7) is 3.97. The summed E-state index contributed by atoms with van der Waals surface area (Å²) in [7, 11) is -3.54. The number of sulfonamides is 1. The zero-order valence-electron chi connectivity index (χ0n) is 24.5. The quantitative estimate of drug-likeness (QED) is 0.173. The Morgan fingerprint density at radius 3 is 2.07 bits per heavy atom. The van der Waals surface area contributed by atoms with E-state index in [1.54, 1.807) is 27.8 Å². The molecule has 1 aliphatic rings. The van der Waals surface area contributed by atoms with Crippen LogP contribution in [0.3, 0.4) is 0 Å². The number of benzene rings is 4. The van der Waals surface area contributed by atoms with Gasteiger partial charge in [-0.25, -0.2) is 13.4 Å². The average Bonchev–Trinajstić information content (AvgIpc) is 3.44. The molecule has 43 heavy (non-hydrogen) atoms. The summed E-state index contributed by atoms with van der Waals surface area (Å²) in [5.41, 5.74) is 6.73. The molecule has 6 rings (SSSR count). The zero-order chi connectivity index (χ0) is 29.6. The van der Waals surface area contributed by atoms with Crippen LogP contribution in [0.25, 0.3) is 11.3 Å². The van der Waals surface area contributed by atoms with Gasteiger partial charge in [-0.2, -0.15) is 4.31 Å². The van der Waals surface area contributed by atoms with Crippen molar-refractivity contribution >= 4 is 27.0 Å². The van der Waals surface area contributed by atoms with Gasteiger partial charge in [0.1, 0.15) is 0 Å². The summed E-state index contributed by atoms with van der Waals surface area (Å²) in [6, 6.07) is 36.6. The van der Waals surface area contributed by atoms with Crippen LogP contribution in [-0.4, -0.2) is 30.4 Å². The van der Waals surface area contributed by atoms with Crippen molar-refractivity contribution in [3.05, 3.63) is 136 Å². The number of thiazole rings is 1. The van der Waals surface area contributed by atoms with E-state index in [0.29, 0.717) is 23.9 Å². The monoisotopic (exact) mass is 607 g/mol. The second-order valence-corrected chi connectivity index (χ2v) is 14.1. The molecule has 1 aliphatic heterocycles. The maximum atomic E-state index is 13.6. The lowest BCUT2D eigenvalue weighted by atomic mass is 9.91. The number of aryl methyl sites for hydroxylation is 2. The van der Waals surface area contributed by atoms with Gasteiger partial charge in [0, 0.05) is 25.0 Å². The molecule has 0 N–H and O–H groups in total. The van der Waals surface area contributed by atoms with E-state index in [9.17, 15) is 8.42 Å². The van der Waals surface area contributed by atoms with Crippen LogP contribution in [0.15, 0.2) is 124 Å². The Morgan fingerprint density at radius 2 is 1.42 bits per heavy atom. The number of aromatic nitrogens is 1. The Hall–Kier alpha value is -3.78. The van der Waals surface area contributed by atoms with Gasteiger partial charge < -0.3 is 4.57 Å². The fraction of sp³-hybridized carbons (Fsp3) is 0.250. The number of rotatable bonds is 9. The first-order valence-corrected chi connectivity index (χ1v) is 17.3. The Balaban J connectivity index is 1.21. The van der Waals surface area contributed by atoms with E-state index < -0.39 is 10.0 Å². The second-order valence-electron chi connectivity index (χ2n) is 11.3. The van der Waals surface area contributed by atoms with Gasteiger partial charge in [-0.1, -0.05) is 90.5 Å². The van der Waals surface area contributed by atoms with Crippen molar-refractivity contribution in [3.63, 3.8) is 0 Å². The molecule has 0 saturated carbocycles. The van der Waals surface area contributed by atoms with Gasteiger partial charge in [-0.3, -0.25) is 0 Å². The molecule has 0 radical (unpaired) electrons. The van der Waals surface area contributed by atoms with Gasteiger partial charge in [-0.05, 0) is 79.5 Å². The number of hydrogen-bond acceptors (Lipinski definition) is 4. The molecule has 2 heterocycles. The highest BCUT2D eigenvalue weighted by Gasteiger charge is 2.29. The highest BCUT2D eigenvalue weighted by molar-refractivity contribution is 7.89. The Bertz CT molecular complexity index is 1800. The topological polar surface area (TPSA) is 54.7 Å². The first kappa shape index (κ1) is 29.3. The van der Waals surface area contributed by atoms with Crippen LogP contribution in [0.2, 0.25) is 0 Å². The van der Waals surface area contributed by atoms with Crippen LogP contribution in [0.1, 0.15) is 29.5 Å². The van der Waals surface area contributed by atoms with Crippen LogP contribution in [0.4, 0.5) is 5.69 Å². The smallest absolute Gasteiger partial charge is 0.243 e. The largest absolute Gasteiger partial charge is 0.316 e. The third kappa shape index (κ3) is 7.07. The van der Waals surface area contributed by atoms with E-state index in [1.807, 2.05) is 36.4 Å². The van der Waals surface area contributed by atoms with E-state index in [2.05, 4.69) is 77.5 Å². The van der Waals surface area contributed by atoms with Gasteiger partial charge in [-0.15, -0.1) is 11.3 Å². The normalized spacial score (nSPS) is 15.1. The first-order chi connectivity index (χ1) is 21.0.